The molecular formula is C19H29F3N4. The van der Waals surface area contributed by atoms with Crippen molar-refractivity contribution in [3.8, 4) is 0 Å². The molecule has 0 amide bonds. The first-order chi connectivity index (χ1) is 12.3. The van der Waals surface area contributed by atoms with Crippen LogP contribution in [-0.4, -0.2) is 50.3 Å². The number of likely N-dealkylation sites (N-methyl/N-ethyl adjacent to an activating group) is 1. The summed E-state index contributed by atoms with van der Waals surface area (Å²) in [5.41, 5.74) is 1.58. The predicted molar refractivity (Wildman–Crippen MR) is 104 cm³/mol. The van der Waals surface area contributed by atoms with Crippen LogP contribution in [0.5, 0.6) is 0 Å². The fourth-order valence-electron chi connectivity index (χ4n) is 2.91. The van der Waals surface area contributed by atoms with Gasteiger partial charge >= 0.3 is 6.18 Å². The number of aliphatic imine (C=N–C) groups is 2. The average Bonchev–Trinajstić information content (AvgIpc) is 2.61. The second-order valence-electron chi connectivity index (χ2n) is 6.31. The van der Waals surface area contributed by atoms with Crippen LogP contribution in [-0.2, 0) is 0 Å². The van der Waals surface area contributed by atoms with Crippen LogP contribution >= 0.6 is 0 Å². The van der Waals surface area contributed by atoms with Gasteiger partial charge in [0, 0.05) is 13.1 Å². The molecule has 0 aromatic heterocycles. The number of nitrogens with zero attached hydrogens (tertiary/aromatic N) is 3. The molecule has 0 aliphatic carbocycles. The molecule has 0 radical (unpaired) electrons. The smallest absolute Gasteiger partial charge is 0.386 e. The summed E-state index contributed by atoms with van der Waals surface area (Å²) in [5.74, 6) is -0.814. The van der Waals surface area contributed by atoms with Crippen LogP contribution in [0.3, 0.4) is 0 Å². The summed E-state index contributed by atoms with van der Waals surface area (Å²) in [6.45, 7) is 7.38. The molecule has 0 saturated carbocycles. The fourth-order valence-corrected chi connectivity index (χ4v) is 2.91. The lowest BCUT2D eigenvalue weighted by molar-refractivity contribution is -0.180. The van der Waals surface area contributed by atoms with E-state index in [1.165, 1.54) is 0 Å². The molecule has 0 saturated heterocycles. The number of nitrogens with one attached hydrogen (secondary N) is 1. The molecule has 0 aliphatic rings. The van der Waals surface area contributed by atoms with Gasteiger partial charge < -0.3 is 5.32 Å². The first kappa shape index (κ1) is 22.2. The van der Waals surface area contributed by atoms with Crippen molar-refractivity contribution in [3.05, 3.63) is 24.3 Å². The van der Waals surface area contributed by atoms with Crippen LogP contribution in [0.1, 0.15) is 33.1 Å². The van der Waals surface area contributed by atoms with Gasteiger partial charge in [0.25, 0.3) is 0 Å². The van der Waals surface area contributed by atoms with Crippen LogP contribution in [0.25, 0.3) is 0 Å². The van der Waals surface area contributed by atoms with Gasteiger partial charge in [-0.25, -0.2) is 9.98 Å². The lowest BCUT2D eigenvalue weighted by Gasteiger charge is -2.30. The minimum Gasteiger partial charge on any atom is -0.386 e. The normalized spacial score (nSPS) is 15.0. The van der Waals surface area contributed by atoms with Crippen molar-refractivity contribution in [2.45, 2.75) is 45.3 Å². The maximum absolute atomic E-state index is 13.1. The third kappa shape index (κ3) is 6.44. The van der Waals surface area contributed by atoms with Gasteiger partial charge in [0.2, 0.25) is 0 Å². The second-order valence-corrected chi connectivity index (χ2v) is 6.31. The van der Waals surface area contributed by atoms with E-state index in [1.54, 1.807) is 14.0 Å². The Kier molecular flexibility index (Phi) is 8.78. The quantitative estimate of drug-likeness (QED) is 0.482. The van der Waals surface area contributed by atoms with Gasteiger partial charge in [-0.1, -0.05) is 26.0 Å². The van der Waals surface area contributed by atoms with Gasteiger partial charge in [-0.3, -0.25) is 4.90 Å². The number of rotatable bonds is 9. The molecule has 2 unspecified atom stereocenters. The van der Waals surface area contributed by atoms with Gasteiger partial charge in [-0.2, -0.15) is 13.2 Å². The molecule has 0 spiro atoms. The highest BCUT2D eigenvalue weighted by Crippen LogP contribution is 2.33. The summed E-state index contributed by atoms with van der Waals surface area (Å²) in [6, 6.07) is 7.31. The zero-order valence-electron chi connectivity index (χ0n) is 16.0. The Morgan fingerprint density at radius 2 is 1.88 bits per heavy atom. The molecule has 1 rings (SSSR count). The van der Waals surface area contributed by atoms with Gasteiger partial charge in [0.05, 0.1) is 23.8 Å². The van der Waals surface area contributed by atoms with Gasteiger partial charge in [-0.05, 0) is 45.2 Å². The zero-order valence-corrected chi connectivity index (χ0v) is 16.0. The zero-order chi connectivity index (χ0) is 19.7. The number of hydrogen-bond donors (Lipinski definition) is 1. The number of hydrogen-bond acceptors (Lipinski definition) is 3. The van der Waals surface area contributed by atoms with E-state index in [0.717, 1.165) is 11.4 Å². The topological polar surface area (TPSA) is 40.0 Å². The summed E-state index contributed by atoms with van der Waals surface area (Å²) in [4.78, 5) is 10.4. The minimum atomic E-state index is -4.16. The molecule has 1 aromatic rings. The van der Waals surface area contributed by atoms with E-state index in [9.17, 15) is 13.2 Å². The fraction of sp³-hybridized carbons (Fsp3) is 0.579. The van der Waals surface area contributed by atoms with Crippen LogP contribution in [0, 0.1) is 5.92 Å². The Hall–Kier alpha value is -1.89. The molecule has 146 valence electrons. The van der Waals surface area contributed by atoms with Crippen LogP contribution in [0.15, 0.2) is 34.3 Å². The maximum atomic E-state index is 13.1. The molecule has 4 nitrogen and oxygen atoms in total. The average molecular weight is 370 g/mol. The summed E-state index contributed by atoms with van der Waals surface area (Å²) < 4.78 is 39.3. The van der Waals surface area contributed by atoms with E-state index in [0.29, 0.717) is 18.8 Å². The molecular weight excluding hydrogens is 341 g/mol. The van der Waals surface area contributed by atoms with E-state index >= 15 is 0 Å². The van der Waals surface area contributed by atoms with Crippen molar-refractivity contribution in [1.82, 2.24) is 4.90 Å². The molecule has 0 heterocycles. The Labute approximate surface area is 154 Å². The monoisotopic (exact) mass is 370 g/mol. The lowest BCUT2D eigenvalue weighted by atomic mass is 9.94. The van der Waals surface area contributed by atoms with E-state index in [2.05, 4.69) is 22.0 Å². The number of benzene rings is 1. The van der Waals surface area contributed by atoms with Crippen molar-refractivity contribution < 1.29 is 13.2 Å². The highest BCUT2D eigenvalue weighted by molar-refractivity contribution is 5.91. The minimum absolute atomic E-state index is 0.0739. The van der Waals surface area contributed by atoms with Crippen molar-refractivity contribution in [3.63, 3.8) is 0 Å². The Bertz CT molecular complexity index is 599. The third-order valence-corrected chi connectivity index (χ3v) is 4.60. The summed E-state index contributed by atoms with van der Waals surface area (Å²) in [6.07, 6.45) is -3.38. The number of alkyl halides is 3. The van der Waals surface area contributed by atoms with Crippen molar-refractivity contribution in [1.29, 1.82) is 0 Å². The molecule has 7 heteroatoms. The van der Waals surface area contributed by atoms with E-state index in [4.69, 9.17) is 0 Å². The van der Waals surface area contributed by atoms with Crippen LogP contribution < -0.4 is 5.32 Å². The number of halogens is 3. The molecule has 26 heavy (non-hydrogen) atoms. The Morgan fingerprint density at radius 1 is 1.23 bits per heavy atom. The largest absolute Gasteiger partial charge is 0.391 e. The molecule has 0 aliphatic heterocycles. The highest BCUT2D eigenvalue weighted by Gasteiger charge is 2.39. The standard InChI is InChI=1S/C19H29F3N4/c1-6-14(19(20,21)22)12-15(7-2)26(5)13-18(24-4)25-17-11-9-8-10-16(17)23-3/h8-11,14-15,23H,4,6-7,12-13H2,1-3,5H3. The molecule has 1 N–H and O–H groups in total. The second kappa shape index (κ2) is 10.3. The van der Waals surface area contributed by atoms with E-state index in [-0.39, 0.29) is 18.9 Å². The first-order valence-electron chi connectivity index (χ1n) is 8.84. The summed E-state index contributed by atoms with van der Waals surface area (Å²) >= 11 is 0. The van der Waals surface area contributed by atoms with E-state index in [1.807, 2.05) is 43.1 Å². The van der Waals surface area contributed by atoms with Crippen LogP contribution in [0.4, 0.5) is 24.5 Å². The molecule has 0 fully saturated rings. The van der Waals surface area contributed by atoms with Crippen molar-refractivity contribution in [2.24, 2.45) is 15.9 Å². The summed E-state index contributed by atoms with van der Waals surface area (Å²) in [5, 5.41) is 3.05. The SMILES string of the molecule is C=NC(CN(C)C(CC)CC(CC)C(F)(F)F)=Nc1ccccc1NC. The predicted octanol–water partition coefficient (Wildman–Crippen LogP) is 5.15. The number of para-hydroxylation sites is 2. The summed E-state index contributed by atoms with van der Waals surface area (Å²) in [7, 11) is 3.61. The number of anilines is 1. The lowest BCUT2D eigenvalue weighted by Crippen LogP contribution is -2.38. The molecule has 2 atom stereocenters. The molecule has 0 bridgehead atoms. The van der Waals surface area contributed by atoms with Gasteiger partial charge in [-0.15, -0.1) is 0 Å². The van der Waals surface area contributed by atoms with Crippen molar-refractivity contribution >= 4 is 23.9 Å². The molecule has 1 aromatic carbocycles. The Balaban J connectivity index is 2.91. The van der Waals surface area contributed by atoms with E-state index < -0.39 is 12.1 Å². The van der Waals surface area contributed by atoms with Crippen LogP contribution in [0.2, 0.25) is 0 Å². The maximum Gasteiger partial charge on any atom is 0.391 e. The van der Waals surface area contributed by atoms with Gasteiger partial charge in [0.1, 0.15) is 5.84 Å². The first-order valence-corrected chi connectivity index (χ1v) is 8.84. The number of amidine groups is 1. The van der Waals surface area contributed by atoms with Crippen molar-refractivity contribution in [2.75, 3.05) is 26.0 Å². The highest BCUT2D eigenvalue weighted by atomic mass is 19.4. The van der Waals surface area contributed by atoms with Gasteiger partial charge in [0.15, 0.2) is 0 Å². The Morgan fingerprint density at radius 3 is 2.38 bits per heavy atom. The third-order valence-electron chi connectivity index (χ3n) is 4.60.